The van der Waals surface area contributed by atoms with Crippen molar-refractivity contribution in [2.24, 2.45) is 0 Å². The topological polar surface area (TPSA) is 96.6 Å². The van der Waals surface area contributed by atoms with Gasteiger partial charge in [0.25, 0.3) is 0 Å². The van der Waals surface area contributed by atoms with Gasteiger partial charge in [0.2, 0.25) is 11.7 Å². The third-order valence-corrected chi connectivity index (χ3v) is 7.73. The minimum atomic E-state index is -3.25. The van der Waals surface area contributed by atoms with Crippen LogP contribution in [0.5, 0.6) is 0 Å². The van der Waals surface area contributed by atoms with Gasteiger partial charge in [0.1, 0.15) is 0 Å². The van der Waals surface area contributed by atoms with Crippen LogP contribution >= 0.6 is 0 Å². The van der Waals surface area contributed by atoms with Gasteiger partial charge in [0.15, 0.2) is 15.6 Å². The molecule has 0 saturated carbocycles. The Morgan fingerprint density at radius 3 is 2.23 bits per heavy atom. The van der Waals surface area contributed by atoms with Crippen LogP contribution in [-0.4, -0.2) is 68.2 Å². The number of ketones is 1. The van der Waals surface area contributed by atoms with Gasteiger partial charge in [-0.05, 0) is 88.3 Å². The molecular formula is C26H32N4O4S. The van der Waals surface area contributed by atoms with Crippen LogP contribution in [0.4, 0.5) is 5.69 Å². The predicted molar refractivity (Wildman–Crippen MR) is 136 cm³/mol. The van der Waals surface area contributed by atoms with Crippen molar-refractivity contribution in [1.82, 2.24) is 15.0 Å². The molecule has 1 aliphatic heterocycles. The van der Waals surface area contributed by atoms with Crippen molar-refractivity contribution in [3.8, 4) is 11.4 Å². The van der Waals surface area contributed by atoms with Crippen LogP contribution < -0.4 is 4.90 Å². The molecule has 0 atom stereocenters. The zero-order chi connectivity index (χ0) is 25.0. The molecular weight excluding hydrogens is 464 g/mol. The van der Waals surface area contributed by atoms with E-state index >= 15 is 0 Å². The number of hydrogen-bond donors (Lipinski definition) is 0. The SMILES string of the molecule is CCN(CC)c1ccc(C(=O)CN2CCC(c3nc(-c4ccc(S(C)(=O)=O)cc4)no3)CC2)cc1. The molecule has 186 valence electrons. The van der Waals surface area contributed by atoms with E-state index in [1.54, 1.807) is 24.3 Å². The summed E-state index contributed by atoms with van der Waals surface area (Å²) in [5.41, 5.74) is 2.59. The van der Waals surface area contributed by atoms with Crippen molar-refractivity contribution in [3.05, 3.63) is 60.0 Å². The molecule has 0 radical (unpaired) electrons. The molecule has 0 N–H and O–H groups in total. The summed E-state index contributed by atoms with van der Waals surface area (Å²) in [6.45, 7) is 8.10. The Morgan fingerprint density at radius 2 is 1.66 bits per heavy atom. The number of aromatic nitrogens is 2. The molecule has 1 saturated heterocycles. The number of hydrogen-bond acceptors (Lipinski definition) is 8. The van der Waals surface area contributed by atoms with E-state index in [4.69, 9.17) is 4.52 Å². The molecule has 2 aromatic carbocycles. The van der Waals surface area contributed by atoms with Crippen molar-refractivity contribution in [1.29, 1.82) is 0 Å². The van der Waals surface area contributed by atoms with Crippen LogP contribution in [0.15, 0.2) is 57.9 Å². The normalized spacial score (nSPS) is 15.3. The van der Waals surface area contributed by atoms with Gasteiger partial charge in [-0.25, -0.2) is 8.42 Å². The maximum absolute atomic E-state index is 12.8. The quantitative estimate of drug-likeness (QED) is 0.410. The lowest BCUT2D eigenvalue weighted by molar-refractivity contribution is 0.0904. The molecule has 3 aromatic rings. The number of rotatable bonds is 9. The Balaban J connectivity index is 1.31. The van der Waals surface area contributed by atoms with Crippen molar-refractivity contribution in [2.75, 3.05) is 43.9 Å². The number of carbonyl (C=O) groups excluding carboxylic acids is 1. The first-order valence-corrected chi connectivity index (χ1v) is 13.9. The highest BCUT2D eigenvalue weighted by atomic mass is 32.2. The molecule has 0 aliphatic carbocycles. The Hall–Kier alpha value is -3.04. The van der Waals surface area contributed by atoms with Crippen molar-refractivity contribution in [2.45, 2.75) is 37.5 Å². The zero-order valence-electron chi connectivity index (χ0n) is 20.5. The number of piperidine rings is 1. The lowest BCUT2D eigenvalue weighted by Gasteiger charge is -2.29. The van der Waals surface area contributed by atoms with E-state index < -0.39 is 9.84 Å². The van der Waals surface area contributed by atoms with Crippen LogP contribution in [-0.2, 0) is 9.84 Å². The van der Waals surface area contributed by atoms with Gasteiger partial charge in [-0.2, -0.15) is 4.98 Å². The fourth-order valence-electron chi connectivity index (χ4n) is 4.45. The van der Waals surface area contributed by atoms with E-state index in [1.165, 1.54) is 6.26 Å². The lowest BCUT2D eigenvalue weighted by atomic mass is 9.96. The number of sulfone groups is 1. The number of carbonyl (C=O) groups is 1. The number of anilines is 1. The second-order valence-electron chi connectivity index (χ2n) is 8.95. The summed E-state index contributed by atoms with van der Waals surface area (Å²) in [4.78, 5) is 22.0. The van der Waals surface area contributed by atoms with Crippen molar-refractivity contribution < 1.29 is 17.7 Å². The Kier molecular flexibility index (Phi) is 7.66. The molecule has 1 aromatic heterocycles. The first kappa shape index (κ1) is 25.1. The maximum Gasteiger partial charge on any atom is 0.230 e. The second-order valence-corrected chi connectivity index (χ2v) is 11.0. The molecule has 0 unspecified atom stereocenters. The molecule has 1 aliphatic rings. The first-order chi connectivity index (χ1) is 16.8. The summed E-state index contributed by atoms with van der Waals surface area (Å²) in [6, 6.07) is 14.4. The predicted octanol–water partition coefficient (Wildman–Crippen LogP) is 4.05. The van der Waals surface area contributed by atoms with Gasteiger partial charge in [-0.3, -0.25) is 9.69 Å². The molecule has 35 heavy (non-hydrogen) atoms. The number of Topliss-reactive ketones (excluding diaryl/α,β-unsaturated/α-hetero) is 1. The standard InChI is InChI=1S/C26H32N4O4S/c1-4-30(5-2)22-10-6-19(7-11-22)24(31)18-29-16-14-21(15-17-29)26-27-25(28-34-26)20-8-12-23(13-9-20)35(3,32)33/h6-13,21H,4-5,14-18H2,1-3H3. The van der Waals surface area contributed by atoms with Gasteiger partial charge in [0.05, 0.1) is 11.4 Å². The third-order valence-electron chi connectivity index (χ3n) is 6.60. The molecule has 9 heteroatoms. The summed E-state index contributed by atoms with van der Waals surface area (Å²) < 4.78 is 28.8. The summed E-state index contributed by atoms with van der Waals surface area (Å²) in [5.74, 6) is 1.31. The Bertz CT molecular complexity index is 1240. The lowest BCUT2D eigenvalue weighted by Crippen LogP contribution is -2.36. The molecule has 4 rings (SSSR count). The van der Waals surface area contributed by atoms with E-state index in [2.05, 4.69) is 33.8 Å². The van der Waals surface area contributed by atoms with Crippen molar-refractivity contribution in [3.63, 3.8) is 0 Å². The van der Waals surface area contributed by atoms with Gasteiger partial charge in [0, 0.05) is 42.1 Å². The number of likely N-dealkylation sites (tertiary alicyclic amines) is 1. The summed E-state index contributed by atoms with van der Waals surface area (Å²) in [5, 5.41) is 4.09. The Labute approximate surface area is 206 Å². The van der Waals surface area contributed by atoms with Crippen LogP contribution in [0, 0.1) is 0 Å². The van der Waals surface area contributed by atoms with E-state index in [1.807, 2.05) is 24.3 Å². The third kappa shape index (κ3) is 5.97. The van der Waals surface area contributed by atoms with Crippen LogP contribution in [0.25, 0.3) is 11.4 Å². The summed E-state index contributed by atoms with van der Waals surface area (Å²) in [6.07, 6.45) is 2.85. The Morgan fingerprint density at radius 1 is 1.03 bits per heavy atom. The minimum absolute atomic E-state index is 0.132. The summed E-state index contributed by atoms with van der Waals surface area (Å²) in [7, 11) is -3.25. The number of nitrogens with zero attached hydrogens (tertiary/aromatic N) is 4. The zero-order valence-corrected chi connectivity index (χ0v) is 21.3. The molecule has 1 fully saturated rings. The number of benzene rings is 2. The van der Waals surface area contributed by atoms with Gasteiger partial charge >= 0.3 is 0 Å². The van der Waals surface area contributed by atoms with E-state index in [-0.39, 0.29) is 16.6 Å². The molecule has 2 heterocycles. The molecule has 8 nitrogen and oxygen atoms in total. The van der Waals surface area contributed by atoms with Crippen LogP contribution in [0.3, 0.4) is 0 Å². The highest BCUT2D eigenvalue weighted by molar-refractivity contribution is 7.90. The first-order valence-electron chi connectivity index (χ1n) is 12.0. The molecule has 0 spiro atoms. The fraction of sp³-hybridized carbons (Fsp3) is 0.423. The highest BCUT2D eigenvalue weighted by Crippen LogP contribution is 2.29. The van der Waals surface area contributed by atoms with Gasteiger partial charge in [-0.15, -0.1) is 0 Å². The van der Waals surface area contributed by atoms with Gasteiger partial charge in [-0.1, -0.05) is 5.16 Å². The second kappa shape index (κ2) is 10.7. The molecule has 0 amide bonds. The van der Waals surface area contributed by atoms with Crippen LogP contribution in [0.2, 0.25) is 0 Å². The average Bonchev–Trinajstić information content (AvgIpc) is 3.36. The van der Waals surface area contributed by atoms with Crippen LogP contribution in [0.1, 0.15) is 48.9 Å². The monoisotopic (exact) mass is 496 g/mol. The van der Waals surface area contributed by atoms with E-state index in [9.17, 15) is 13.2 Å². The minimum Gasteiger partial charge on any atom is -0.372 e. The smallest absolute Gasteiger partial charge is 0.230 e. The van der Waals surface area contributed by atoms with Crippen molar-refractivity contribution >= 4 is 21.3 Å². The van der Waals surface area contributed by atoms with E-state index in [0.29, 0.717) is 23.8 Å². The highest BCUT2D eigenvalue weighted by Gasteiger charge is 2.26. The summed E-state index contributed by atoms with van der Waals surface area (Å²) >= 11 is 0. The van der Waals surface area contributed by atoms with Gasteiger partial charge < -0.3 is 9.42 Å². The maximum atomic E-state index is 12.8. The fourth-order valence-corrected chi connectivity index (χ4v) is 5.08. The molecule has 0 bridgehead atoms. The average molecular weight is 497 g/mol. The van der Waals surface area contributed by atoms with E-state index in [0.717, 1.165) is 50.3 Å². The largest absolute Gasteiger partial charge is 0.372 e.